The summed E-state index contributed by atoms with van der Waals surface area (Å²) in [4.78, 5) is 23.1. The Bertz CT molecular complexity index is 423. The average molecular weight is 247 g/mol. The lowest BCUT2D eigenvalue weighted by Crippen LogP contribution is -2.50. The van der Waals surface area contributed by atoms with Gasteiger partial charge >= 0.3 is 20.0 Å². The number of ether oxygens (including phenoxy) is 1. The first-order valence-corrected chi connectivity index (χ1v) is 5.37. The molecule has 18 heavy (non-hydrogen) atoms. The number of benzene rings is 1. The molecule has 1 aromatic rings. The number of rotatable bonds is 5. The number of hydrogen-bond acceptors (Lipinski definition) is 5. The molecule has 0 aromatic heterocycles. The Morgan fingerprint density at radius 3 is 2.44 bits per heavy atom. The van der Waals surface area contributed by atoms with E-state index in [0.29, 0.717) is 5.75 Å². The molecule has 1 atom stereocenters. The molecule has 0 aliphatic rings. The number of likely N-dealkylation sites (N-methyl/N-ethyl adjacent to an activating group) is 1. The summed E-state index contributed by atoms with van der Waals surface area (Å²) in [5.41, 5.74) is -1.21. The third-order valence-corrected chi connectivity index (χ3v) is 2.58. The minimum absolute atomic E-state index is 0.186. The molecule has 0 aliphatic carbocycles. The molecule has 1 N–H and O–H groups in total. The Morgan fingerprint density at radius 1 is 1.33 bits per heavy atom. The van der Waals surface area contributed by atoms with Crippen molar-refractivity contribution >= 4 is 20.0 Å². The van der Waals surface area contributed by atoms with Gasteiger partial charge in [-0.05, 0) is 26.1 Å². The minimum Gasteiger partial charge on any atom is -0.542 e. The molecule has 0 heterocycles. The third-order valence-electron chi connectivity index (χ3n) is 2.58. The maximum absolute atomic E-state index is 11.7. The molecule has 0 spiro atoms. The van der Waals surface area contributed by atoms with E-state index < -0.39 is 17.5 Å². The van der Waals surface area contributed by atoms with Gasteiger partial charge in [-0.25, -0.2) is 0 Å². The van der Waals surface area contributed by atoms with E-state index in [1.807, 2.05) is 0 Å². The van der Waals surface area contributed by atoms with Crippen LogP contribution in [0.1, 0.15) is 13.3 Å². The van der Waals surface area contributed by atoms with Crippen molar-refractivity contribution in [1.82, 2.24) is 5.32 Å². The monoisotopic (exact) mass is 247 g/mol. The lowest BCUT2D eigenvalue weighted by molar-refractivity contribution is -0.147. The summed E-state index contributed by atoms with van der Waals surface area (Å²) in [6.45, 7) is 1.51. The van der Waals surface area contributed by atoms with Crippen LogP contribution < -0.4 is 10.1 Å². The number of hydrogen-bond donors (Lipinski definition) is 1. The summed E-state index contributed by atoms with van der Waals surface area (Å²) >= 11 is 0. The summed E-state index contributed by atoms with van der Waals surface area (Å²) in [5, 5.41) is 2.69. The second-order valence-electron chi connectivity index (χ2n) is 3.95. The molecule has 94 valence electrons. The van der Waals surface area contributed by atoms with Crippen molar-refractivity contribution < 1.29 is 19.0 Å². The van der Waals surface area contributed by atoms with Crippen LogP contribution in [-0.4, -0.2) is 32.6 Å². The van der Waals surface area contributed by atoms with E-state index in [1.165, 1.54) is 14.0 Å². The molecule has 0 saturated carbocycles. The first-order chi connectivity index (χ1) is 8.51. The fourth-order valence-corrected chi connectivity index (χ4v) is 1.34. The first kappa shape index (κ1) is 14.2. The van der Waals surface area contributed by atoms with E-state index >= 15 is 0 Å². The van der Waals surface area contributed by atoms with Gasteiger partial charge in [-0.15, -0.1) is 0 Å². The number of nitrogens with one attached hydrogen (secondary N) is 1. The lowest BCUT2D eigenvalue weighted by atomic mass is 9.98. The quantitative estimate of drug-likeness (QED) is 0.468. The van der Waals surface area contributed by atoms with Crippen LogP contribution in [0, 0.1) is 0 Å². The van der Waals surface area contributed by atoms with Gasteiger partial charge in [0.2, 0.25) is 0 Å². The van der Waals surface area contributed by atoms with Crippen LogP contribution in [-0.2, 0) is 14.2 Å². The standard InChI is InChI=1S/C12H14BNO4/c1-12(14-2,11(16)18-13)8-10(15)17-9-6-4-3-5-7-9/h3-7,14H,8H2,1-2H3/t12-/m0/s1. The summed E-state index contributed by atoms with van der Waals surface area (Å²) in [5.74, 6) is -0.861. The SMILES string of the molecule is [B]OC(=O)[C@](C)(CC(=O)Oc1ccccc1)NC. The zero-order chi connectivity index (χ0) is 13.6. The van der Waals surface area contributed by atoms with Gasteiger partial charge in [0.05, 0.1) is 6.42 Å². The average Bonchev–Trinajstić information content (AvgIpc) is 2.38. The molecule has 0 fully saturated rings. The van der Waals surface area contributed by atoms with Gasteiger partial charge in [0.15, 0.2) is 0 Å². The van der Waals surface area contributed by atoms with Crippen molar-refractivity contribution in [3.8, 4) is 5.75 Å². The van der Waals surface area contributed by atoms with Crippen LogP contribution in [0.3, 0.4) is 0 Å². The molecule has 2 radical (unpaired) electrons. The van der Waals surface area contributed by atoms with Gasteiger partial charge in [-0.2, -0.15) is 0 Å². The first-order valence-electron chi connectivity index (χ1n) is 5.37. The molecule has 0 saturated heterocycles. The molecule has 0 bridgehead atoms. The zero-order valence-corrected chi connectivity index (χ0v) is 10.3. The van der Waals surface area contributed by atoms with E-state index in [-0.39, 0.29) is 6.42 Å². The van der Waals surface area contributed by atoms with Crippen LogP contribution in [0.4, 0.5) is 0 Å². The highest BCUT2D eigenvalue weighted by Gasteiger charge is 2.35. The van der Waals surface area contributed by atoms with E-state index in [2.05, 4.69) is 9.97 Å². The van der Waals surface area contributed by atoms with Crippen molar-refractivity contribution in [3.63, 3.8) is 0 Å². The summed E-state index contributed by atoms with van der Waals surface area (Å²) in [7, 11) is 6.35. The maximum Gasteiger partial charge on any atom is 0.378 e. The van der Waals surface area contributed by atoms with Crippen LogP contribution in [0.2, 0.25) is 0 Å². The summed E-state index contributed by atoms with van der Waals surface area (Å²) in [6, 6.07) is 8.59. The van der Waals surface area contributed by atoms with Crippen molar-refractivity contribution in [2.45, 2.75) is 18.9 Å². The van der Waals surface area contributed by atoms with E-state index in [4.69, 9.17) is 12.8 Å². The van der Waals surface area contributed by atoms with Gasteiger partial charge < -0.3 is 14.7 Å². The largest absolute Gasteiger partial charge is 0.542 e. The van der Waals surface area contributed by atoms with Crippen LogP contribution in [0.5, 0.6) is 5.75 Å². The topological polar surface area (TPSA) is 64.6 Å². The van der Waals surface area contributed by atoms with Crippen LogP contribution in [0.15, 0.2) is 30.3 Å². The van der Waals surface area contributed by atoms with Gasteiger partial charge in [-0.3, -0.25) is 9.59 Å². The second-order valence-corrected chi connectivity index (χ2v) is 3.95. The predicted molar refractivity (Wildman–Crippen MR) is 66.0 cm³/mol. The molecule has 1 aromatic carbocycles. The smallest absolute Gasteiger partial charge is 0.378 e. The number of carbonyl (C=O) groups excluding carboxylic acids is 2. The van der Waals surface area contributed by atoms with E-state index in [1.54, 1.807) is 30.3 Å². The molecule has 0 amide bonds. The van der Waals surface area contributed by atoms with Crippen molar-refractivity contribution in [2.75, 3.05) is 7.05 Å². The fraction of sp³-hybridized carbons (Fsp3) is 0.333. The van der Waals surface area contributed by atoms with Crippen LogP contribution >= 0.6 is 0 Å². The van der Waals surface area contributed by atoms with Crippen molar-refractivity contribution in [1.29, 1.82) is 0 Å². The van der Waals surface area contributed by atoms with Gasteiger partial charge in [0.25, 0.3) is 0 Å². The molecular formula is C12H14BNO4. The van der Waals surface area contributed by atoms with Crippen molar-refractivity contribution in [3.05, 3.63) is 30.3 Å². The molecular weight excluding hydrogens is 233 g/mol. The molecule has 0 aliphatic heterocycles. The maximum atomic E-state index is 11.7. The molecule has 6 heteroatoms. The second kappa shape index (κ2) is 6.21. The number of esters is 1. The van der Waals surface area contributed by atoms with Crippen LogP contribution in [0.25, 0.3) is 0 Å². The highest BCUT2D eigenvalue weighted by molar-refractivity contribution is 6.07. The third kappa shape index (κ3) is 3.60. The van der Waals surface area contributed by atoms with Gasteiger partial charge in [0.1, 0.15) is 11.3 Å². The minimum atomic E-state index is -1.21. The lowest BCUT2D eigenvalue weighted by Gasteiger charge is -2.25. The Balaban J connectivity index is 2.66. The Labute approximate surface area is 107 Å². The zero-order valence-electron chi connectivity index (χ0n) is 10.3. The Morgan fingerprint density at radius 2 is 1.94 bits per heavy atom. The Hall–Kier alpha value is -1.82. The highest BCUT2D eigenvalue weighted by atomic mass is 16.5. The molecule has 0 unspecified atom stereocenters. The summed E-state index contributed by atoms with van der Waals surface area (Å²) in [6.07, 6.45) is -0.186. The highest BCUT2D eigenvalue weighted by Crippen LogP contribution is 2.15. The van der Waals surface area contributed by atoms with Crippen molar-refractivity contribution in [2.24, 2.45) is 0 Å². The van der Waals surface area contributed by atoms with E-state index in [9.17, 15) is 9.59 Å². The molecule has 1 rings (SSSR count). The predicted octanol–water partition coefficient (Wildman–Crippen LogP) is 0.587. The molecule has 5 nitrogen and oxygen atoms in total. The van der Waals surface area contributed by atoms with Gasteiger partial charge in [-0.1, -0.05) is 18.2 Å². The van der Waals surface area contributed by atoms with Gasteiger partial charge in [0, 0.05) is 0 Å². The number of para-hydroxylation sites is 1. The fourth-order valence-electron chi connectivity index (χ4n) is 1.34. The number of carbonyl (C=O) groups is 2. The normalized spacial score (nSPS) is 13.4. The Kier molecular flexibility index (Phi) is 4.91. The summed E-state index contributed by atoms with van der Waals surface area (Å²) < 4.78 is 9.23. The van der Waals surface area contributed by atoms with E-state index in [0.717, 1.165) is 0 Å².